The zero-order chi connectivity index (χ0) is 12.5. The van der Waals surface area contributed by atoms with Gasteiger partial charge in [0, 0.05) is 20.1 Å². The van der Waals surface area contributed by atoms with Crippen molar-refractivity contribution in [1.29, 1.82) is 0 Å². The zero-order valence-corrected chi connectivity index (χ0v) is 10.7. The van der Waals surface area contributed by atoms with E-state index in [1.165, 1.54) is 0 Å². The molecule has 0 aliphatic rings. The molecule has 0 heterocycles. The van der Waals surface area contributed by atoms with Crippen molar-refractivity contribution in [3.8, 4) is 5.75 Å². The minimum atomic E-state index is -0.387. The summed E-state index contributed by atoms with van der Waals surface area (Å²) in [7, 11) is 1.68. The van der Waals surface area contributed by atoms with Crippen molar-refractivity contribution in [2.75, 3.05) is 20.3 Å². The first-order valence-electron chi connectivity index (χ1n) is 6.17. The van der Waals surface area contributed by atoms with Gasteiger partial charge in [0.2, 0.25) is 0 Å². The Kier molecular flexibility index (Phi) is 6.67. The maximum absolute atomic E-state index is 9.88. The molecule has 96 valence electrons. The van der Waals surface area contributed by atoms with Gasteiger partial charge in [-0.2, -0.15) is 0 Å². The molecule has 1 aromatic carbocycles. The largest absolute Gasteiger partial charge is 0.493 e. The highest BCUT2D eigenvalue weighted by atomic mass is 16.5. The van der Waals surface area contributed by atoms with E-state index in [2.05, 4.69) is 6.92 Å². The topological polar surface area (TPSA) is 38.7 Å². The fraction of sp³-hybridized carbons (Fsp3) is 0.571. The molecule has 0 aliphatic carbocycles. The van der Waals surface area contributed by atoms with E-state index in [0.29, 0.717) is 13.2 Å². The van der Waals surface area contributed by atoms with Crippen molar-refractivity contribution in [2.24, 2.45) is 0 Å². The minimum Gasteiger partial charge on any atom is -0.493 e. The van der Waals surface area contributed by atoms with Crippen LogP contribution in [0, 0.1) is 0 Å². The van der Waals surface area contributed by atoms with Crippen molar-refractivity contribution in [3.63, 3.8) is 0 Å². The van der Waals surface area contributed by atoms with Crippen LogP contribution in [0.25, 0.3) is 0 Å². The summed E-state index contributed by atoms with van der Waals surface area (Å²) in [6.45, 7) is 3.41. The van der Waals surface area contributed by atoms with Crippen LogP contribution < -0.4 is 4.74 Å². The number of hydrogen-bond acceptors (Lipinski definition) is 3. The number of aliphatic hydroxyl groups excluding tert-OH is 1. The quantitative estimate of drug-likeness (QED) is 0.708. The minimum absolute atomic E-state index is 0.387. The number of hydrogen-bond donors (Lipinski definition) is 1. The predicted octanol–water partition coefficient (Wildman–Crippen LogP) is 2.94. The second-order valence-electron chi connectivity index (χ2n) is 4.07. The number of methoxy groups -OCH3 is 1. The Balaban J connectivity index is 2.47. The third-order valence-corrected chi connectivity index (χ3v) is 2.57. The third kappa shape index (κ3) is 5.20. The summed E-state index contributed by atoms with van der Waals surface area (Å²) in [6, 6.07) is 7.67. The van der Waals surface area contributed by atoms with Gasteiger partial charge in [-0.25, -0.2) is 0 Å². The smallest absolute Gasteiger partial charge is 0.119 e. The van der Waals surface area contributed by atoms with Crippen LogP contribution in [0.4, 0.5) is 0 Å². The molecular formula is C14H22O3. The number of benzene rings is 1. The van der Waals surface area contributed by atoms with Crippen LogP contribution in [0.15, 0.2) is 24.3 Å². The van der Waals surface area contributed by atoms with Gasteiger partial charge in [-0.15, -0.1) is 0 Å². The first-order valence-corrected chi connectivity index (χ1v) is 6.17. The van der Waals surface area contributed by atoms with Gasteiger partial charge in [-0.05, 0) is 24.1 Å². The highest BCUT2D eigenvalue weighted by Crippen LogP contribution is 2.22. The van der Waals surface area contributed by atoms with E-state index in [9.17, 15) is 5.11 Å². The average molecular weight is 238 g/mol. The van der Waals surface area contributed by atoms with Gasteiger partial charge in [0.05, 0.1) is 12.7 Å². The van der Waals surface area contributed by atoms with E-state index in [1.807, 2.05) is 24.3 Å². The van der Waals surface area contributed by atoms with Gasteiger partial charge in [0.15, 0.2) is 0 Å². The van der Waals surface area contributed by atoms with Gasteiger partial charge in [0.1, 0.15) is 5.75 Å². The molecule has 1 unspecified atom stereocenters. The van der Waals surface area contributed by atoms with Crippen molar-refractivity contribution in [2.45, 2.75) is 32.3 Å². The lowest BCUT2D eigenvalue weighted by Gasteiger charge is -2.12. The number of ether oxygens (including phenoxy) is 2. The number of rotatable bonds is 8. The summed E-state index contributed by atoms with van der Waals surface area (Å²) in [5.74, 6) is 0.814. The molecule has 0 aliphatic heterocycles. The highest BCUT2D eigenvalue weighted by Gasteiger charge is 2.06. The molecular weight excluding hydrogens is 216 g/mol. The third-order valence-electron chi connectivity index (χ3n) is 2.57. The molecule has 1 rings (SSSR count). The lowest BCUT2D eigenvalue weighted by atomic mass is 10.1. The fourth-order valence-electron chi connectivity index (χ4n) is 1.64. The van der Waals surface area contributed by atoms with E-state index >= 15 is 0 Å². The molecule has 0 aromatic heterocycles. The van der Waals surface area contributed by atoms with Crippen LogP contribution in [0.5, 0.6) is 5.75 Å². The monoisotopic (exact) mass is 238 g/mol. The molecule has 0 amide bonds. The van der Waals surface area contributed by atoms with Gasteiger partial charge in [0.25, 0.3) is 0 Å². The number of aliphatic hydroxyl groups is 1. The van der Waals surface area contributed by atoms with Gasteiger partial charge in [-0.1, -0.05) is 25.5 Å². The second kappa shape index (κ2) is 8.09. The summed E-state index contributed by atoms with van der Waals surface area (Å²) >= 11 is 0. The molecule has 0 fully saturated rings. The Labute approximate surface area is 103 Å². The lowest BCUT2D eigenvalue weighted by molar-refractivity contribution is 0.164. The summed E-state index contributed by atoms with van der Waals surface area (Å²) in [4.78, 5) is 0. The maximum atomic E-state index is 9.88. The molecule has 1 aromatic rings. The van der Waals surface area contributed by atoms with Crippen molar-refractivity contribution in [1.82, 2.24) is 0 Å². The Morgan fingerprint density at radius 2 is 2.12 bits per heavy atom. The Hall–Kier alpha value is -1.06. The summed E-state index contributed by atoms with van der Waals surface area (Å²) in [6.07, 6.45) is 2.24. The summed E-state index contributed by atoms with van der Waals surface area (Å²) in [5.41, 5.74) is 0.927. The van der Waals surface area contributed by atoms with E-state index in [-0.39, 0.29) is 6.10 Å². The summed E-state index contributed by atoms with van der Waals surface area (Å²) in [5, 5.41) is 9.88. The average Bonchev–Trinajstić information content (AvgIpc) is 2.35. The molecule has 0 spiro atoms. The SMILES string of the molecule is CCCC(O)c1cccc(OCCCOC)c1. The molecule has 1 atom stereocenters. The molecule has 3 heteroatoms. The van der Waals surface area contributed by atoms with Crippen molar-refractivity contribution < 1.29 is 14.6 Å². The van der Waals surface area contributed by atoms with Crippen LogP contribution in [0.3, 0.4) is 0 Å². The molecule has 1 N–H and O–H groups in total. The van der Waals surface area contributed by atoms with Crippen LogP contribution >= 0.6 is 0 Å². The van der Waals surface area contributed by atoms with Crippen LogP contribution in [0.1, 0.15) is 37.9 Å². The van der Waals surface area contributed by atoms with Crippen molar-refractivity contribution >= 4 is 0 Å². The molecule has 0 saturated heterocycles. The van der Waals surface area contributed by atoms with Gasteiger partial charge >= 0.3 is 0 Å². The van der Waals surface area contributed by atoms with E-state index in [4.69, 9.17) is 9.47 Å². The standard InChI is InChI=1S/C14H22O3/c1-3-6-14(15)12-7-4-8-13(11-12)17-10-5-9-16-2/h4,7-8,11,14-15H,3,5-6,9-10H2,1-2H3. The fourth-order valence-corrected chi connectivity index (χ4v) is 1.64. The lowest BCUT2D eigenvalue weighted by Crippen LogP contribution is -2.02. The Bertz CT molecular complexity index is 312. The van der Waals surface area contributed by atoms with Crippen LogP contribution in [-0.4, -0.2) is 25.4 Å². The maximum Gasteiger partial charge on any atom is 0.119 e. The van der Waals surface area contributed by atoms with Gasteiger partial charge < -0.3 is 14.6 Å². The van der Waals surface area contributed by atoms with Gasteiger partial charge in [-0.3, -0.25) is 0 Å². The normalized spacial score (nSPS) is 12.4. The molecule has 0 radical (unpaired) electrons. The van der Waals surface area contributed by atoms with E-state index in [1.54, 1.807) is 7.11 Å². The molecule has 0 bridgehead atoms. The Morgan fingerprint density at radius 3 is 2.82 bits per heavy atom. The molecule has 17 heavy (non-hydrogen) atoms. The highest BCUT2D eigenvalue weighted by molar-refractivity contribution is 5.29. The molecule has 0 saturated carbocycles. The van der Waals surface area contributed by atoms with Crippen LogP contribution in [-0.2, 0) is 4.74 Å². The van der Waals surface area contributed by atoms with E-state index < -0.39 is 0 Å². The van der Waals surface area contributed by atoms with E-state index in [0.717, 1.165) is 30.6 Å². The molecule has 3 nitrogen and oxygen atoms in total. The van der Waals surface area contributed by atoms with Crippen molar-refractivity contribution in [3.05, 3.63) is 29.8 Å². The zero-order valence-electron chi connectivity index (χ0n) is 10.7. The predicted molar refractivity (Wildman–Crippen MR) is 68.3 cm³/mol. The first kappa shape index (κ1) is 14.0. The second-order valence-corrected chi connectivity index (χ2v) is 4.07. The Morgan fingerprint density at radius 1 is 1.29 bits per heavy atom. The van der Waals surface area contributed by atoms with Crippen LogP contribution in [0.2, 0.25) is 0 Å². The summed E-state index contributed by atoms with van der Waals surface area (Å²) < 4.78 is 10.5. The first-order chi connectivity index (χ1) is 8.27.